The third kappa shape index (κ3) is 4.28. The van der Waals surface area contributed by atoms with Crippen molar-refractivity contribution in [1.82, 2.24) is 20.4 Å². The van der Waals surface area contributed by atoms with Gasteiger partial charge in [-0.3, -0.25) is 0 Å². The molecule has 0 aliphatic carbocycles. The fourth-order valence-corrected chi connectivity index (χ4v) is 3.23. The number of hydrogen-bond acceptors (Lipinski definition) is 4. The van der Waals surface area contributed by atoms with Gasteiger partial charge < -0.3 is 15.1 Å². The van der Waals surface area contributed by atoms with Crippen molar-refractivity contribution in [3.63, 3.8) is 0 Å². The number of likely N-dealkylation sites (N-methyl/N-ethyl adjacent to an activating group) is 1. The van der Waals surface area contributed by atoms with Crippen LogP contribution < -0.4 is 10.2 Å². The van der Waals surface area contributed by atoms with E-state index < -0.39 is 0 Å². The second-order valence-corrected chi connectivity index (χ2v) is 6.68. The first-order valence-electron chi connectivity index (χ1n) is 8.83. The summed E-state index contributed by atoms with van der Waals surface area (Å²) in [4.78, 5) is 16.4. The number of benzene rings is 1. The summed E-state index contributed by atoms with van der Waals surface area (Å²) in [6.45, 7) is 3.75. The van der Waals surface area contributed by atoms with Crippen molar-refractivity contribution in [2.24, 2.45) is 0 Å². The number of carbonyl (C=O) groups excluding carboxylic acids is 1. The Balaban J connectivity index is 1.56. The maximum Gasteiger partial charge on any atom is 0.317 e. The van der Waals surface area contributed by atoms with Crippen LogP contribution in [-0.4, -0.2) is 47.3 Å². The second kappa shape index (κ2) is 8.12. The molecule has 6 nitrogen and oxygen atoms in total. The highest BCUT2D eigenvalue weighted by Gasteiger charge is 2.26. The fourth-order valence-electron chi connectivity index (χ4n) is 3.23. The molecule has 1 aromatic heterocycles. The fraction of sp³-hybridized carbons (Fsp3) is 0.421. The summed E-state index contributed by atoms with van der Waals surface area (Å²) in [6, 6.07) is 8.67. The first-order chi connectivity index (χ1) is 12.5. The average Bonchev–Trinajstić information content (AvgIpc) is 2.69. The topological polar surface area (TPSA) is 61.4 Å². The van der Waals surface area contributed by atoms with Gasteiger partial charge in [0, 0.05) is 32.9 Å². The van der Waals surface area contributed by atoms with E-state index >= 15 is 0 Å². The van der Waals surface area contributed by atoms with Crippen LogP contribution in [0.5, 0.6) is 0 Å². The van der Waals surface area contributed by atoms with E-state index in [1.54, 1.807) is 30.2 Å². The van der Waals surface area contributed by atoms with Crippen LogP contribution in [0.2, 0.25) is 0 Å². The first-order valence-corrected chi connectivity index (χ1v) is 8.83. The number of anilines is 1. The number of halogens is 1. The number of carbonyl (C=O) groups is 1. The Hall–Kier alpha value is -2.70. The summed E-state index contributed by atoms with van der Waals surface area (Å²) in [5.74, 6) is 0.608. The van der Waals surface area contributed by atoms with E-state index in [9.17, 15) is 9.18 Å². The Morgan fingerprint density at radius 1 is 1.42 bits per heavy atom. The van der Waals surface area contributed by atoms with Gasteiger partial charge in [-0.2, -0.15) is 5.10 Å². The highest BCUT2D eigenvalue weighted by molar-refractivity contribution is 5.74. The molecule has 2 heterocycles. The number of urea groups is 1. The average molecular weight is 357 g/mol. The molecule has 1 aliphatic rings. The summed E-state index contributed by atoms with van der Waals surface area (Å²) in [5.41, 5.74) is 1.47. The molecule has 0 saturated carbocycles. The maximum absolute atomic E-state index is 13.3. The van der Waals surface area contributed by atoms with Gasteiger partial charge in [-0.25, -0.2) is 9.18 Å². The van der Waals surface area contributed by atoms with E-state index in [1.807, 2.05) is 19.2 Å². The molecular weight excluding hydrogens is 333 g/mol. The Morgan fingerprint density at radius 3 is 3.00 bits per heavy atom. The van der Waals surface area contributed by atoms with E-state index in [0.717, 1.165) is 37.3 Å². The predicted octanol–water partition coefficient (Wildman–Crippen LogP) is 2.73. The van der Waals surface area contributed by atoms with Crippen molar-refractivity contribution in [3.8, 4) is 0 Å². The van der Waals surface area contributed by atoms with Gasteiger partial charge in [-0.05, 0) is 49.1 Å². The maximum atomic E-state index is 13.3. The molecular formula is C19H24FN5O. The van der Waals surface area contributed by atoms with Crippen LogP contribution in [0.3, 0.4) is 0 Å². The van der Waals surface area contributed by atoms with Gasteiger partial charge >= 0.3 is 6.03 Å². The summed E-state index contributed by atoms with van der Waals surface area (Å²) >= 11 is 0. The van der Waals surface area contributed by atoms with Crippen molar-refractivity contribution in [2.75, 3.05) is 25.0 Å². The number of nitrogens with one attached hydrogen (secondary N) is 1. The zero-order chi connectivity index (χ0) is 18.5. The molecule has 1 saturated heterocycles. The number of hydrogen-bond donors (Lipinski definition) is 1. The zero-order valence-electron chi connectivity index (χ0n) is 15.2. The summed E-state index contributed by atoms with van der Waals surface area (Å²) in [7, 11) is 1.82. The first kappa shape index (κ1) is 18.1. The number of rotatable bonds is 4. The lowest BCUT2D eigenvalue weighted by molar-refractivity contribution is 0.182. The number of nitrogens with zero attached hydrogens (tertiary/aromatic N) is 4. The van der Waals surface area contributed by atoms with Crippen molar-refractivity contribution in [2.45, 2.75) is 32.4 Å². The molecule has 138 valence electrons. The molecule has 2 aromatic rings. The normalized spacial score (nSPS) is 17.0. The molecule has 1 N–H and O–H groups in total. The minimum atomic E-state index is -0.233. The standard InChI is InChI=1S/C19H24FN5O/c1-14-11-15(7-8-17(14)20)12-21-19(26)24(2)16-5-4-10-25(13-16)18-6-3-9-22-23-18/h3,6-9,11,16H,4-5,10,12-13H2,1-2H3,(H,21,26)/t16-/m1/s1. The lowest BCUT2D eigenvalue weighted by Crippen LogP contribution is -2.51. The SMILES string of the molecule is Cc1cc(CNC(=O)N(C)[C@@H]2CCCN(c3cccnn3)C2)ccc1F. The predicted molar refractivity (Wildman–Crippen MR) is 98.4 cm³/mol. The highest BCUT2D eigenvalue weighted by Crippen LogP contribution is 2.19. The van der Waals surface area contributed by atoms with Crippen LogP contribution in [0.1, 0.15) is 24.0 Å². The van der Waals surface area contributed by atoms with E-state index in [2.05, 4.69) is 20.4 Å². The van der Waals surface area contributed by atoms with Gasteiger partial charge in [0.15, 0.2) is 5.82 Å². The Labute approximate surface area is 153 Å². The van der Waals surface area contributed by atoms with Gasteiger partial charge in [-0.15, -0.1) is 5.10 Å². The third-order valence-corrected chi connectivity index (χ3v) is 4.81. The molecule has 1 fully saturated rings. The van der Waals surface area contributed by atoms with Crippen LogP contribution in [-0.2, 0) is 6.54 Å². The van der Waals surface area contributed by atoms with Crippen molar-refractivity contribution in [1.29, 1.82) is 0 Å². The smallest absolute Gasteiger partial charge is 0.317 e. The van der Waals surface area contributed by atoms with E-state index in [-0.39, 0.29) is 17.9 Å². The van der Waals surface area contributed by atoms with Crippen LogP contribution in [0, 0.1) is 12.7 Å². The van der Waals surface area contributed by atoms with E-state index in [4.69, 9.17) is 0 Å². The summed E-state index contributed by atoms with van der Waals surface area (Å²) in [5, 5.41) is 11.0. The van der Waals surface area contributed by atoms with Crippen LogP contribution in [0.15, 0.2) is 36.5 Å². The van der Waals surface area contributed by atoms with E-state index in [1.165, 1.54) is 6.07 Å². The molecule has 0 radical (unpaired) electrons. The molecule has 0 spiro atoms. The molecule has 0 bridgehead atoms. The molecule has 0 unspecified atom stereocenters. The summed E-state index contributed by atoms with van der Waals surface area (Å²) < 4.78 is 13.3. The molecule has 1 aromatic carbocycles. The number of aromatic nitrogens is 2. The largest absolute Gasteiger partial charge is 0.353 e. The van der Waals surface area contributed by atoms with Crippen LogP contribution >= 0.6 is 0 Å². The number of aryl methyl sites for hydroxylation is 1. The quantitative estimate of drug-likeness (QED) is 0.914. The minimum Gasteiger partial charge on any atom is -0.353 e. The lowest BCUT2D eigenvalue weighted by atomic mass is 10.0. The Bertz CT molecular complexity index is 755. The zero-order valence-corrected chi connectivity index (χ0v) is 15.2. The molecule has 2 amide bonds. The monoisotopic (exact) mass is 357 g/mol. The van der Waals surface area contributed by atoms with Gasteiger partial charge in [0.1, 0.15) is 5.82 Å². The Kier molecular flexibility index (Phi) is 5.65. The molecule has 7 heteroatoms. The Morgan fingerprint density at radius 2 is 2.27 bits per heavy atom. The minimum absolute atomic E-state index is 0.112. The summed E-state index contributed by atoms with van der Waals surface area (Å²) in [6.07, 6.45) is 3.61. The molecule has 3 rings (SSSR count). The van der Waals surface area contributed by atoms with Gasteiger partial charge in [0.05, 0.1) is 6.04 Å². The molecule has 1 atom stereocenters. The molecule has 1 aliphatic heterocycles. The lowest BCUT2D eigenvalue weighted by Gasteiger charge is -2.37. The van der Waals surface area contributed by atoms with E-state index in [0.29, 0.717) is 12.1 Å². The van der Waals surface area contributed by atoms with Crippen molar-refractivity contribution < 1.29 is 9.18 Å². The van der Waals surface area contributed by atoms with Crippen LogP contribution in [0.4, 0.5) is 15.0 Å². The number of piperidine rings is 1. The third-order valence-electron chi connectivity index (χ3n) is 4.81. The van der Waals surface area contributed by atoms with Crippen LogP contribution in [0.25, 0.3) is 0 Å². The number of amides is 2. The highest BCUT2D eigenvalue weighted by atomic mass is 19.1. The van der Waals surface area contributed by atoms with Gasteiger partial charge in [0.2, 0.25) is 0 Å². The molecule has 26 heavy (non-hydrogen) atoms. The second-order valence-electron chi connectivity index (χ2n) is 6.68. The van der Waals surface area contributed by atoms with Crippen molar-refractivity contribution >= 4 is 11.8 Å². The van der Waals surface area contributed by atoms with Gasteiger partial charge in [-0.1, -0.05) is 12.1 Å². The van der Waals surface area contributed by atoms with Gasteiger partial charge in [0.25, 0.3) is 0 Å². The van der Waals surface area contributed by atoms with Crippen molar-refractivity contribution in [3.05, 3.63) is 53.5 Å².